The first-order chi connectivity index (χ1) is 10.6. The second kappa shape index (κ2) is 8.07. The summed E-state index contributed by atoms with van der Waals surface area (Å²) in [5.74, 6) is -0.103. The maximum atomic E-state index is 11.4. The van der Waals surface area contributed by atoms with Crippen LogP contribution in [0.15, 0.2) is 72.4 Å². The van der Waals surface area contributed by atoms with Crippen molar-refractivity contribution in [2.24, 2.45) is 0 Å². The molecule has 0 aliphatic rings. The Morgan fingerprint density at radius 1 is 1.00 bits per heavy atom. The van der Waals surface area contributed by atoms with E-state index < -0.39 is 4.84 Å². The molecule has 0 aliphatic carbocycles. The van der Waals surface area contributed by atoms with E-state index in [9.17, 15) is 4.79 Å². The van der Waals surface area contributed by atoms with Crippen LogP contribution >= 0.6 is 23.2 Å². The molecule has 5 heteroatoms. The van der Waals surface area contributed by atoms with Crippen LogP contribution in [0.3, 0.4) is 0 Å². The van der Waals surface area contributed by atoms with Gasteiger partial charge < -0.3 is 5.23 Å². The predicted molar refractivity (Wildman–Crippen MR) is 95.3 cm³/mol. The first kappa shape index (κ1) is 16.7. The lowest BCUT2D eigenvalue weighted by Crippen LogP contribution is -2.54. The Balaban J connectivity index is 2.39. The maximum Gasteiger partial charge on any atom is 0.320 e. The highest BCUT2D eigenvalue weighted by atomic mass is 35.5. The summed E-state index contributed by atoms with van der Waals surface area (Å²) in [6, 6.07) is 19.9. The number of alkyl halides is 2. The fraction of sp³-hybridized carbons (Fsp3) is 0.118. The number of carbonyl (C=O) groups excluding carboxylic acids is 1. The second-order valence-corrected chi connectivity index (χ2v) is 6.01. The van der Waals surface area contributed by atoms with E-state index in [0.29, 0.717) is 5.70 Å². The van der Waals surface area contributed by atoms with Gasteiger partial charge in [0.15, 0.2) is 5.78 Å². The van der Waals surface area contributed by atoms with E-state index in [1.54, 1.807) is 0 Å². The van der Waals surface area contributed by atoms with E-state index >= 15 is 0 Å². The lowest BCUT2D eigenvalue weighted by molar-refractivity contribution is -0.112. The maximum absolute atomic E-state index is 11.4. The van der Waals surface area contributed by atoms with Crippen LogP contribution in [-0.2, 0) is 4.79 Å². The Kier molecular flexibility index (Phi) is 6.11. The quantitative estimate of drug-likeness (QED) is 0.501. The van der Waals surface area contributed by atoms with Gasteiger partial charge in [0.05, 0.1) is 0 Å². The van der Waals surface area contributed by atoms with E-state index in [0.717, 1.165) is 10.9 Å². The summed E-state index contributed by atoms with van der Waals surface area (Å²) >= 11 is 12.0. The molecule has 112 valence electrons. The number of nitrogens with one attached hydrogen (secondary N) is 1. The molecule has 0 bridgehead atoms. The van der Waals surface area contributed by atoms with Crippen molar-refractivity contribution in [2.75, 3.05) is 0 Å². The molecule has 0 spiro atoms. The molecule has 0 aromatic heterocycles. The van der Waals surface area contributed by atoms with Crippen molar-refractivity contribution in [3.8, 4) is 0 Å². The largest absolute Gasteiger partial charge is 0.421 e. The van der Waals surface area contributed by atoms with Gasteiger partial charge in [0.1, 0.15) is 4.84 Å². The van der Waals surface area contributed by atoms with E-state index in [1.807, 2.05) is 60.7 Å². The van der Waals surface area contributed by atoms with Gasteiger partial charge in [0.2, 0.25) is 0 Å². The number of benzene rings is 2. The SMILES string of the molecule is CC(=O)/C=C(\NB(c1ccccc1)c1ccccc1)C(Cl)Cl. The zero-order valence-corrected chi connectivity index (χ0v) is 13.7. The number of rotatable bonds is 6. The van der Waals surface area contributed by atoms with E-state index in [1.165, 1.54) is 13.0 Å². The predicted octanol–water partition coefficient (Wildman–Crippen LogP) is 2.66. The summed E-state index contributed by atoms with van der Waals surface area (Å²) < 4.78 is 0. The number of allylic oxidation sites excluding steroid dienone is 2. The third-order valence-corrected chi connectivity index (χ3v) is 3.64. The van der Waals surface area contributed by atoms with E-state index in [-0.39, 0.29) is 12.6 Å². The smallest absolute Gasteiger partial charge is 0.320 e. The average molecular weight is 332 g/mol. The third kappa shape index (κ3) is 4.65. The molecule has 0 saturated heterocycles. The molecule has 2 aromatic carbocycles. The highest BCUT2D eigenvalue weighted by Crippen LogP contribution is 2.12. The number of carbonyl (C=O) groups is 1. The molecule has 0 heterocycles. The Morgan fingerprint density at radius 2 is 1.45 bits per heavy atom. The molecule has 2 nitrogen and oxygen atoms in total. The molecule has 0 atom stereocenters. The second-order valence-electron chi connectivity index (χ2n) is 4.91. The third-order valence-electron chi connectivity index (χ3n) is 3.17. The van der Waals surface area contributed by atoms with Gasteiger partial charge in [-0.1, -0.05) is 94.8 Å². The van der Waals surface area contributed by atoms with Crippen molar-refractivity contribution in [3.05, 3.63) is 72.4 Å². The standard InChI is InChI=1S/C17H16BCl2NO/c1-13(22)12-16(17(19)20)21-18(14-8-4-2-5-9-14)15-10-6-3-7-11-15/h2-12,17,21H,1H3/b16-12-. The first-order valence-electron chi connectivity index (χ1n) is 6.94. The van der Waals surface area contributed by atoms with Crippen molar-refractivity contribution < 1.29 is 4.79 Å². The Labute approximate surface area is 141 Å². The van der Waals surface area contributed by atoms with Gasteiger partial charge in [0, 0.05) is 11.8 Å². The number of ketones is 1. The molecule has 0 unspecified atom stereocenters. The van der Waals surface area contributed by atoms with Crippen LogP contribution in [0.5, 0.6) is 0 Å². The summed E-state index contributed by atoms with van der Waals surface area (Å²) in [6.07, 6.45) is 1.43. The summed E-state index contributed by atoms with van der Waals surface area (Å²) in [4.78, 5) is 10.6. The number of hydrogen-bond donors (Lipinski definition) is 1. The highest BCUT2D eigenvalue weighted by Gasteiger charge is 2.22. The fourth-order valence-electron chi connectivity index (χ4n) is 2.20. The van der Waals surface area contributed by atoms with Crippen LogP contribution in [0.1, 0.15) is 6.92 Å². The zero-order valence-electron chi connectivity index (χ0n) is 12.2. The monoisotopic (exact) mass is 331 g/mol. The van der Waals surface area contributed by atoms with Crippen LogP contribution in [0.25, 0.3) is 0 Å². The lowest BCUT2D eigenvalue weighted by atomic mass is 9.50. The van der Waals surface area contributed by atoms with Crippen LogP contribution in [-0.4, -0.2) is 17.5 Å². The minimum Gasteiger partial charge on any atom is -0.421 e. The number of hydrogen-bond acceptors (Lipinski definition) is 2. The normalized spacial score (nSPS) is 11.4. The summed E-state index contributed by atoms with van der Waals surface area (Å²) in [6.45, 7) is 1.34. The number of halogens is 2. The van der Waals surface area contributed by atoms with Crippen molar-refractivity contribution in [2.45, 2.75) is 11.8 Å². The van der Waals surface area contributed by atoms with Crippen molar-refractivity contribution in [3.63, 3.8) is 0 Å². The van der Waals surface area contributed by atoms with Crippen molar-refractivity contribution in [1.29, 1.82) is 0 Å². The van der Waals surface area contributed by atoms with Crippen LogP contribution < -0.4 is 16.2 Å². The molecule has 0 amide bonds. The van der Waals surface area contributed by atoms with Gasteiger partial charge in [0.25, 0.3) is 0 Å². The molecular weight excluding hydrogens is 316 g/mol. The van der Waals surface area contributed by atoms with Crippen LogP contribution in [0.2, 0.25) is 0 Å². The summed E-state index contributed by atoms with van der Waals surface area (Å²) in [5, 5.41) is 3.29. The topological polar surface area (TPSA) is 29.1 Å². The molecule has 1 N–H and O–H groups in total. The van der Waals surface area contributed by atoms with Crippen molar-refractivity contribution >= 4 is 46.8 Å². The molecule has 2 rings (SSSR count). The molecule has 0 aliphatic heterocycles. The highest BCUT2D eigenvalue weighted by molar-refractivity contribution is 6.83. The van der Waals surface area contributed by atoms with Gasteiger partial charge in [-0.2, -0.15) is 0 Å². The molecule has 0 saturated carbocycles. The summed E-state index contributed by atoms with van der Waals surface area (Å²) in [7, 11) is 0. The minimum absolute atomic E-state index is 0.103. The molecule has 0 fully saturated rings. The Bertz CT molecular complexity index is 605. The van der Waals surface area contributed by atoms with Gasteiger partial charge in [-0.05, 0) is 6.92 Å². The van der Waals surface area contributed by atoms with Crippen LogP contribution in [0.4, 0.5) is 0 Å². The lowest BCUT2D eigenvalue weighted by Gasteiger charge is -2.20. The van der Waals surface area contributed by atoms with Crippen LogP contribution in [0, 0.1) is 0 Å². The van der Waals surface area contributed by atoms with Gasteiger partial charge in [-0.15, -0.1) is 0 Å². The molecule has 22 heavy (non-hydrogen) atoms. The minimum atomic E-state index is -0.793. The Hall–Kier alpha value is -1.71. The average Bonchev–Trinajstić information content (AvgIpc) is 2.52. The fourth-order valence-corrected chi connectivity index (χ4v) is 2.46. The molecule has 2 aromatic rings. The molecule has 0 radical (unpaired) electrons. The summed E-state index contributed by atoms with van der Waals surface area (Å²) in [5.41, 5.74) is 2.63. The molecular formula is C17H16BCl2NO. The van der Waals surface area contributed by atoms with Gasteiger partial charge in [-0.3, -0.25) is 4.79 Å². The zero-order chi connectivity index (χ0) is 15.9. The van der Waals surface area contributed by atoms with E-state index in [2.05, 4.69) is 5.23 Å². The van der Waals surface area contributed by atoms with Gasteiger partial charge in [-0.25, -0.2) is 0 Å². The van der Waals surface area contributed by atoms with Crippen molar-refractivity contribution in [1.82, 2.24) is 5.23 Å². The van der Waals surface area contributed by atoms with E-state index in [4.69, 9.17) is 23.2 Å². The van der Waals surface area contributed by atoms with Gasteiger partial charge >= 0.3 is 6.85 Å². The Morgan fingerprint density at radius 3 is 1.82 bits per heavy atom. The first-order valence-corrected chi connectivity index (χ1v) is 7.82.